The monoisotopic (exact) mass is 290 g/mol. The van der Waals surface area contributed by atoms with Crippen molar-refractivity contribution in [2.24, 2.45) is 0 Å². The number of hydrogen-bond donors (Lipinski definition) is 0. The molecule has 1 aromatic rings. The predicted molar refractivity (Wildman–Crippen MR) is 88.4 cm³/mol. The Hall–Kier alpha value is -1.38. The first-order valence-electron chi connectivity index (χ1n) is 8.48. The molecule has 0 unspecified atom stereocenters. The van der Waals surface area contributed by atoms with Crippen LogP contribution in [0.25, 0.3) is 0 Å². The fourth-order valence-corrected chi connectivity index (χ4v) is 2.45. The highest BCUT2D eigenvalue weighted by Crippen LogP contribution is 2.09. The summed E-state index contributed by atoms with van der Waals surface area (Å²) in [5.74, 6) is 0.158. The van der Waals surface area contributed by atoms with Crippen LogP contribution in [0, 0.1) is 0 Å². The number of nitrogens with zero attached hydrogens (tertiary/aromatic N) is 2. The van der Waals surface area contributed by atoms with Crippen molar-refractivity contribution < 1.29 is 4.79 Å². The molecule has 0 aliphatic heterocycles. The number of carbonyl (C=O) groups excluding carboxylic acids is 1. The molecule has 1 aromatic heterocycles. The fourth-order valence-electron chi connectivity index (χ4n) is 2.45. The molecule has 0 aromatic carbocycles. The predicted octanol–water partition coefficient (Wildman–Crippen LogP) is 4.68. The van der Waals surface area contributed by atoms with Crippen molar-refractivity contribution in [2.75, 3.05) is 13.1 Å². The van der Waals surface area contributed by atoms with E-state index in [4.69, 9.17) is 0 Å². The van der Waals surface area contributed by atoms with Gasteiger partial charge in [0.15, 0.2) is 0 Å². The van der Waals surface area contributed by atoms with E-state index in [1.165, 1.54) is 38.5 Å². The van der Waals surface area contributed by atoms with Gasteiger partial charge in [0.2, 0.25) is 0 Å². The van der Waals surface area contributed by atoms with E-state index in [1.54, 1.807) is 12.4 Å². The molecular weight excluding hydrogens is 260 g/mol. The number of unbranched alkanes of at least 4 members (excludes halogenated alkanes) is 6. The molecule has 0 saturated heterocycles. The van der Waals surface area contributed by atoms with Gasteiger partial charge in [0.05, 0.1) is 0 Å². The van der Waals surface area contributed by atoms with Crippen LogP contribution in [0.3, 0.4) is 0 Å². The van der Waals surface area contributed by atoms with E-state index in [9.17, 15) is 4.79 Å². The van der Waals surface area contributed by atoms with Gasteiger partial charge in [-0.15, -0.1) is 0 Å². The summed E-state index contributed by atoms with van der Waals surface area (Å²) < 4.78 is 0. The largest absolute Gasteiger partial charge is 0.339 e. The lowest BCUT2D eigenvalue weighted by molar-refractivity contribution is 0.0749. The van der Waals surface area contributed by atoms with E-state index in [2.05, 4.69) is 18.8 Å². The average molecular weight is 290 g/mol. The Morgan fingerprint density at radius 1 is 0.905 bits per heavy atom. The van der Waals surface area contributed by atoms with E-state index in [0.29, 0.717) is 0 Å². The minimum atomic E-state index is 0.158. The van der Waals surface area contributed by atoms with Gasteiger partial charge in [-0.3, -0.25) is 9.78 Å². The molecule has 0 aliphatic rings. The maximum Gasteiger partial charge on any atom is 0.253 e. The van der Waals surface area contributed by atoms with Crippen LogP contribution in [0.5, 0.6) is 0 Å². The van der Waals surface area contributed by atoms with Crippen molar-refractivity contribution in [3.05, 3.63) is 30.1 Å². The molecule has 3 heteroatoms. The van der Waals surface area contributed by atoms with Crippen LogP contribution in [0.2, 0.25) is 0 Å². The van der Waals surface area contributed by atoms with Gasteiger partial charge in [0, 0.05) is 31.0 Å². The molecule has 0 spiro atoms. The highest BCUT2D eigenvalue weighted by atomic mass is 16.2. The Morgan fingerprint density at radius 2 is 1.43 bits per heavy atom. The molecular formula is C18H30N2O. The van der Waals surface area contributed by atoms with Crippen molar-refractivity contribution in [2.45, 2.75) is 65.2 Å². The number of rotatable bonds is 11. The lowest BCUT2D eigenvalue weighted by atomic mass is 10.1. The highest BCUT2D eigenvalue weighted by molar-refractivity contribution is 5.94. The zero-order valence-corrected chi connectivity index (χ0v) is 13.7. The standard InChI is InChI=1S/C18H30N2O/c1-3-5-7-9-15-20(16-10-8-6-4-2)18(21)17-11-13-19-14-12-17/h11-14H,3-10,15-16H2,1-2H3. The molecule has 0 radical (unpaired) electrons. The average Bonchev–Trinajstić information content (AvgIpc) is 2.53. The van der Waals surface area contributed by atoms with Gasteiger partial charge in [-0.1, -0.05) is 52.4 Å². The molecule has 0 saturated carbocycles. The Morgan fingerprint density at radius 3 is 1.90 bits per heavy atom. The summed E-state index contributed by atoms with van der Waals surface area (Å²) in [5, 5.41) is 0. The number of carbonyl (C=O) groups is 1. The summed E-state index contributed by atoms with van der Waals surface area (Å²) >= 11 is 0. The topological polar surface area (TPSA) is 33.2 Å². The SMILES string of the molecule is CCCCCCN(CCCCCC)C(=O)c1ccncc1. The summed E-state index contributed by atoms with van der Waals surface area (Å²) in [6.45, 7) is 6.19. The maximum atomic E-state index is 12.6. The molecule has 0 bridgehead atoms. The molecule has 1 amide bonds. The number of amides is 1. The van der Waals surface area contributed by atoms with Crippen LogP contribution in [0.15, 0.2) is 24.5 Å². The van der Waals surface area contributed by atoms with Gasteiger partial charge in [0.25, 0.3) is 5.91 Å². The Bertz CT molecular complexity index is 366. The molecule has 3 nitrogen and oxygen atoms in total. The lowest BCUT2D eigenvalue weighted by Crippen LogP contribution is -2.33. The first-order chi connectivity index (χ1) is 10.3. The van der Waals surface area contributed by atoms with Crippen LogP contribution in [0.4, 0.5) is 0 Å². The summed E-state index contributed by atoms with van der Waals surface area (Å²) in [6, 6.07) is 3.63. The first-order valence-corrected chi connectivity index (χ1v) is 8.48. The third kappa shape index (κ3) is 7.26. The van der Waals surface area contributed by atoms with Crippen molar-refractivity contribution in [1.29, 1.82) is 0 Å². The zero-order chi connectivity index (χ0) is 15.3. The molecule has 0 N–H and O–H groups in total. The van der Waals surface area contributed by atoms with Crippen molar-refractivity contribution >= 4 is 5.91 Å². The summed E-state index contributed by atoms with van der Waals surface area (Å²) in [7, 11) is 0. The normalized spacial score (nSPS) is 10.6. The third-order valence-electron chi connectivity index (χ3n) is 3.78. The number of aromatic nitrogens is 1. The van der Waals surface area contributed by atoms with Crippen molar-refractivity contribution in [1.82, 2.24) is 9.88 Å². The molecule has 118 valence electrons. The third-order valence-corrected chi connectivity index (χ3v) is 3.78. The van der Waals surface area contributed by atoms with Crippen molar-refractivity contribution in [3.63, 3.8) is 0 Å². The van der Waals surface area contributed by atoms with Crippen LogP contribution in [-0.4, -0.2) is 28.9 Å². The quantitative estimate of drug-likeness (QED) is 0.554. The van der Waals surface area contributed by atoms with E-state index >= 15 is 0 Å². The van der Waals surface area contributed by atoms with Crippen LogP contribution < -0.4 is 0 Å². The molecule has 0 fully saturated rings. The second-order valence-corrected chi connectivity index (χ2v) is 5.65. The highest BCUT2D eigenvalue weighted by Gasteiger charge is 2.14. The van der Waals surface area contributed by atoms with Gasteiger partial charge >= 0.3 is 0 Å². The fraction of sp³-hybridized carbons (Fsp3) is 0.667. The van der Waals surface area contributed by atoms with Crippen molar-refractivity contribution in [3.8, 4) is 0 Å². The van der Waals surface area contributed by atoms with E-state index in [0.717, 1.165) is 31.5 Å². The maximum absolute atomic E-state index is 12.6. The second kappa shape index (κ2) is 11.3. The van der Waals surface area contributed by atoms with Gasteiger partial charge in [-0.05, 0) is 25.0 Å². The molecule has 1 rings (SSSR count). The van der Waals surface area contributed by atoms with E-state index in [1.807, 2.05) is 17.0 Å². The van der Waals surface area contributed by atoms with Gasteiger partial charge in [-0.25, -0.2) is 0 Å². The molecule has 1 heterocycles. The Balaban J connectivity index is 2.51. The smallest absolute Gasteiger partial charge is 0.253 e. The van der Waals surface area contributed by atoms with E-state index in [-0.39, 0.29) is 5.91 Å². The molecule has 0 atom stereocenters. The lowest BCUT2D eigenvalue weighted by Gasteiger charge is -2.23. The van der Waals surface area contributed by atoms with Crippen LogP contribution >= 0.6 is 0 Å². The van der Waals surface area contributed by atoms with Gasteiger partial charge in [0.1, 0.15) is 0 Å². The van der Waals surface area contributed by atoms with Crippen LogP contribution in [0.1, 0.15) is 75.6 Å². The van der Waals surface area contributed by atoms with E-state index < -0.39 is 0 Å². The van der Waals surface area contributed by atoms with Gasteiger partial charge < -0.3 is 4.90 Å². The molecule has 0 aliphatic carbocycles. The minimum absolute atomic E-state index is 0.158. The summed E-state index contributed by atoms with van der Waals surface area (Å²) in [4.78, 5) is 18.6. The summed E-state index contributed by atoms with van der Waals surface area (Å²) in [5.41, 5.74) is 0.760. The minimum Gasteiger partial charge on any atom is -0.339 e. The molecule has 21 heavy (non-hydrogen) atoms. The Kier molecular flexibility index (Phi) is 9.51. The Labute approximate surface area is 129 Å². The summed E-state index contributed by atoms with van der Waals surface area (Å²) in [6.07, 6.45) is 13.0. The van der Waals surface area contributed by atoms with Gasteiger partial charge in [-0.2, -0.15) is 0 Å². The number of pyridine rings is 1. The van der Waals surface area contributed by atoms with Crippen LogP contribution in [-0.2, 0) is 0 Å². The first kappa shape index (κ1) is 17.7. The second-order valence-electron chi connectivity index (χ2n) is 5.65. The number of hydrogen-bond acceptors (Lipinski definition) is 2. The zero-order valence-electron chi connectivity index (χ0n) is 13.7.